The van der Waals surface area contributed by atoms with E-state index in [-0.39, 0.29) is 17.9 Å². The molecule has 29 heavy (non-hydrogen) atoms. The number of ether oxygens (including phenoxy) is 1. The molecule has 0 aliphatic carbocycles. The first-order valence-corrected chi connectivity index (χ1v) is 9.24. The number of methoxy groups -OCH3 is 1. The zero-order valence-corrected chi connectivity index (χ0v) is 17.1. The lowest BCUT2D eigenvalue weighted by atomic mass is 9.87. The van der Waals surface area contributed by atoms with Crippen LogP contribution in [-0.4, -0.2) is 31.4 Å². The molecule has 6 heteroatoms. The molecule has 2 rings (SSSR count). The molecule has 6 nitrogen and oxygen atoms in total. The van der Waals surface area contributed by atoms with Crippen LogP contribution in [0.25, 0.3) is 6.08 Å². The maximum absolute atomic E-state index is 12.1. The molecule has 2 amide bonds. The first-order chi connectivity index (χ1) is 13.7. The molecule has 0 aliphatic heterocycles. The zero-order valence-electron chi connectivity index (χ0n) is 17.1. The molecule has 0 radical (unpaired) electrons. The van der Waals surface area contributed by atoms with Crippen molar-refractivity contribution in [2.45, 2.75) is 26.2 Å². The molecular formula is C23H26N2O4. The summed E-state index contributed by atoms with van der Waals surface area (Å²) in [6.07, 6.45) is 3.21. The standard InChI is InChI=1S/C23H26N2O4/c1-23(2,3)18-10-5-16(6-11-18)7-14-20(26)25-19-12-8-17(9-13-19)22(28)24-15-21(27)29-4/h5-14H,15H2,1-4H3,(H,24,28)(H,25,26)/b14-7+. The number of benzene rings is 2. The number of carbonyl (C=O) groups is 3. The SMILES string of the molecule is COC(=O)CNC(=O)c1ccc(NC(=O)/C=C/c2ccc(C(C)(C)C)cc2)cc1. The van der Waals surface area contributed by atoms with Crippen LogP contribution in [0.5, 0.6) is 0 Å². The average Bonchev–Trinajstić information content (AvgIpc) is 2.70. The van der Waals surface area contributed by atoms with Crippen LogP contribution in [0.2, 0.25) is 0 Å². The summed E-state index contributed by atoms with van der Waals surface area (Å²) < 4.78 is 4.47. The van der Waals surface area contributed by atoms with Crippen molar-refractivity contribution < 1.29 is 19.1 Å². The number of nitrogens with one attached hydrogen (secondary N) is 2. The van der Waals surface area contributed by atoms with Crippen molar-refractivity contribution in [3.8, 4) is 0 Å². The zero-order chi connectivity index (χ0) is 21.4. The predicted molar refractivity (Wildman–Crippen MR) is 114 cm³/mol. The van der Waals surface area contributed by atoms with E-state index >= 15 is 0 Å². The quantitative estimate of drug-likeness (QED) is 0.580. The first kappa shape index (κ1) is 21.9. The second kappa shape index (κ2) is 9.68. The number of rotatable bonds is 6. The Hall–Kier alpha value is -3.41. The number of amides is 2. The summed E-state index contributed by atoms with van der Waals surface area (Å²) in [4.78, 5) is 35.1. The van der Waals surface area contributed by atoms with Crippen LogP contribution in [0, 0.1) is 0 Å². The fourth-order valence-corrected chi connectivity index (χ4v) is 2.48. The van der Waals surface area contributed by atoms with Crippen LogP contribution in [0.4, 0.5) is 5.69 Å². The van der Waals surface area contributed by atoms with E-state index in [0.29, 0.717) is 11.3 Å². The van der Waals surface area contributed by atoms with Gasteiger partial charge in [0.25, 0.3) is 5.91 Å². The van der Waals surface area contributed by atoms with Gasteiger partial charge in [-0.2, -0.15) is 0 Å². The lowest BCUT2D eigenvalue weighted by Crippen LogP contribution is -2.30. The largest absolute Gasteiger partial charge is 0.468 e. The van der Waals surface area contributed by atoms with E-state index in [1.165, 1.54) is 18.7 Å². The van der Waals surface area contributed by atoms with Crippen LogP contribution < -0.4 is 10.6 Å². The van der Waals surface area contributed by atoms with Gasteiger partial charge < -0.3 is 15.4 Å². The molecule has 2 N–H and O–H groups in total. The predicted octanol–water partition coefficient (Wildman–Crippen LogP) is 3.54. The summed E-state index contributed by atoms with van der Waals surface area (Å²) in [6, 6.07) is 14.4. The van der Waals surface area contributed by atoms with E-state index < -0.39 is 11.9 Å². The Labute approximate surface area is 171 Å². The van der Waals surface area contributed by atoms with Crippen molar-refractivity contribution in [2.24, 2.45) is 0 Å². The minimum absolute atomic E-state index is 0.0853. The molecule has 0 unspecified atom stereocenters. The smallest absolute Gasteiger partial charge is 0.325 e. The Morgan fingerprint density at radius 3 is 2.14 bits per heavy atom. The van der Waals surface area contributed by atoms with Crippen molar-refractivity contribution in [3.05, 3.63) is 71.3 Å². The molecule has 0 saturated carbocycles. The number of hydrogen-bond acceptors (Lipinski definition) is 4. The summed E-state index contributed by atoms with van der Waals surface area (Å²) in [5.74, 6) is -1.19. The molecule has 0 heterocycles. The van der Waals surface area contributed by atoms with Crippen molar-refractivity contribution in [2.75, 3.05) is 19.0 Å². The highest BCUT2D eigenvalue weighted by Crippen LogP contribution is 2.22. The van der Waals surface area contributed by atoms with E-state index in [1.807, 2.05) is 12.1 Å². The molecule has 0 saturated heterocycles. The molecular weight excluding hydrogens is 368 g/mol. The Bertz CT molecular complexity index is 892. The van der Waals surface area contributed by atoms with Gasteiger partial charge in [-0.3, -0.25) is 14.4 Å². The average molecular weight is 394 g/mol. The van der Waals surface area contributed by atoms with Crippen molar-refractivity contribution >= 4 is 29.5 Å². The molecule has 2 aromatic carbocycles. The molecule has 0 fully saturated rings. The lowest BCUT2D eigenvalue weighted by molar-refractivity contribution is -0.139. The molecule has 0 aliphatic rings. The van der Waals surface area contributed by atoms with Crippen molar-refractivity contribution in [1.82, 2.24) is 5.32 Å². The van der Waals surface area contributed by atoms with E-state index in [2.05, 4.69) is 48.3 Å². The normalized spacial score (nSPS) is 11.2. The molecule has 0 bridgehead atoms. The van der Waals surface area contributed by atoms with Crippen LogP contribution >= 0.6 is 0 Å². The number of anilines is 1. The van der Waals surface area contributed by atoms with E-state index in [1.54, 1.807) is 30.3 Å². The minimum atomic E-state index is -0.526. The Balaban J connectivity index is 1.91. The second-order valence-corrected chi connectivity index (χ2v) is 7.53. The van der Waals surface area contributed by atoms with Gasteiger partial charge in [-0.25, -0.2) is 0 Å². The fraction of sp³-hybridized carbons (Fsp3) is 0.261. The maximum Gasteiger partial charge on any atom is 0.325 e. The van der Waals surface area contributed by atoms with Crippen molar-refractivity contribution in [3.63, 3.8) is 0 Å². The third kappa shape index (κ3) is 6.92. The van der Waals surface area contributed by atoms with E-state index in [0.717, 1.165) is 5.56 Å². The highest BCUT2D eigenvalue weighted by Gasteiger charge is 2.12. The highest BCUT2D eigenvalue weighted by molar-refractivity contribution is 6.02. The summed E-state index contributed by atoms with van der Waals surface area (Å²) in [5.41, 5.74) is 3.19. The number of esters is 1. The van der Waals surface area contributed by atoms with Crippen molar-refractivity contribution in [1.29, 1.82) is 0 Å². The molecule has 0 spiro atoms. The van der Waals surface area contributed by atoms with Gasteiger partial charge in [-0.15, -0.1) is 0 Å². The van der Waals surface area contributed by atoms with Crippen LogP contribution in [-0.2, 0) is 19.7 Å². The Morgan fingerprint density at radius 2 is 1.59 bits per heavy atom. The lowest BCUT2D eigenvalue weighted by Gasteiger charge is -2.18. The van der Waals surface area contributed by atoms with Crippen LogP contribution in [0.15, 0.2) is 54.6 Å². The van der Waals surface area contributed by atoms with Gasteiger partial charge >= 0.3 is 5.97 Å². The third-order valence-corrected chi connectivity index (χ3v) is 4.24. The van der Waals surface area contributed by atoms with Crippen LogP contribution in [0.3, 0.4) is 0 Å². The van der Waals surface area contributed by atoms with E-state index in [4.69, 9.17) is 0 Å². The third-order valence-electron chi connectivity index (χ3n) is 4.24. The summed E-state index contributed by atoms with van der Waals surface area (Å²) >= 11 is 0. The Kier molecular flexibility index (Phi) is 7.31. The topological polar surface area (TPSA) is 84.5 Å². The Morgan fingerprint density at radius 1 is 0.966 bits per heavy atom. The molecule has 0 aromatic heterocycles. The summed E-state index contributed by atoms with van der Waals surface area (Å²) in [5, 5.41) is 5.19. The molecule has 152 valence electrons. The van der Waals surface area contributed by atoms with E-state index in [9.17, 15) is 14.4 Å². The monoisotopic (exact) mass is 394 g/mol. The molecule has 0 atom stereocenters. The van der Waals surface area contributed by atoms with Gasteiger partial charge in [0.05, 0.1) is 7.11 Å². The van der Waals surface area contributed by atoms with Gasteiger partial charge in [0.1, 0.15) is 6.54 Å². The van der Waals surface area contributed by atoms with Crippen LogP contribution in [0.1, 0.15) is 42.3 Å². The number of carbonyl (C=O) groups excluding carboxylic acids is 3. The summed E-state index contributed by atoms with van der Waals surface area (Å²) in [7, 11) is 1.25. The summed E-state index contributed by atoms with van der Waals surface area (Å²) in [6.45, 7) is 6.26. The highest BCUT2D eigenvalue weighted by atomic mass is 16.5. The molecule has 2 aromatic rings. The maximum atomic E-state index is 12.1. The van der Waals surface area contributed by atoms with Gasteiger partial charge in [0.2, 0.25) is 5.91 Å². The second-order valence-electron chi connectivity index (χ2n) is 7.53. The van der Waals surface area contributed by atoms with Gasteiger partial charge in [0, 0.05) is 17.3 Å². The fourth-order valence-electron chi connectivity index (χ4n) is 2.48. The minimum Gasteiger partial charge on any atom is -0.468 e. The van der Waals surface area contributed by atoms with Gasteiger partial charge in [-0.05, 0) is 46.9 Å². The van der Waals surface area contributed by atoms with Gasteiger partial charge in [0.15, 0.2) is 0 Å². The van der Waals surface area contributed by atoms with Gasteiger partial charge in [-0.1, -0.05) is 45.0 Å². The first-order valence-electron chi connectivity index (χ1n) is 9.24. The number of hydrogen-bond donors (Lipinski definition) is 2.